The highest BCUT2D eigenvalue weighted by Gasteiger charge is 2.36. The number of nitriles is 1. The van der Waals surface area contributed by atoms with Crippen LogP contribution in [0, 0.1) is 11.3 Å². The van der Waals surface area contributed by atoms with Crippen molar-refractivity contribution in [1.29, 1.82) is 5.26 Å². The van der Waals surface area contributed by atoms with E-state index in [2.05, 4.69) is 23.1 Å². The molecule has 0 aliphatic rings. The van der Waals surface area contributed by atoms with Gasteiger partial charge in [-0.1, -0.05) is 31.4 Å². The van der Waals surface area contributed by atoms with Crippen molar-refractivity contribution in [2.45, 2.75) is 38.1 Å². The molecule has 1 aromatic carbocycles. The highest BCUT2D eigenvalue weighted by molar-refractivity contribution is 6.30. The van der Waals surface area contributed by atoms with Gasteiger partial charge in [0, 0.05) is 10.6 Å². The molecule has 0 bridgehead atoms. The molecule has 2 aromatic rings. The number of hydrogen-bond acceptors (Lipinski definition) is 4. The SMILES string of the molecule is CCCCC(C#N)(Cn1cncn1)c1cc(Cl)ccc1OC. The molecule has 0 radical (unpaired) electrons. The quantitative estimate of drug-likeness (QED) is 0.782. The van der Waals surface area contributed by atoms with Crippen LogP contribution >= 0.6 is 11.6 Å². The van der Waals surface area contributed by atoms with Crippen LogP contribution in [0.3, 0.4) is 0 Å². The van der Waals surface area contributed by atoms with E-state index >= 15 is 0 Å². The van der Waals surface area contributed by atoms with Crippen molar-refractivity contribution >= 4 is 11.6 Å². The topological polar surface area (TPSA) is 63.7 Å². The maximum atomic E-state index is 9.96. The Kier molecular flexibility index (Phi) is 5.40. The molecule has 0 N–H and O–H groups in total. The largest absolute Gasteiger partial charge is 0.496 e. The zero-order valence-corrected chi connectivity index (χ0v) is 13.5. The summed E-state index contributed by atoms with van der Waals surface area (Å²) in [4.78, 5) is 3.96. The van der Waals surface area contributed by atoms with Gasteiger partial charge in [0.25, 0.3) is 0 Å². The maximum Gasteiger partial charge on any atom is 0.137 e. The second kappa shape index (κ2) is 7.28. The first kappa shape index (κ1) is 16.3. The lowest BCUT2D eigenvalue weighted by atomic mass is 9.77. The van der Waals surface area contributed by atoms with Crippen molar-refractivity contribution in [2.24, 2.45) is 0 Å². The van der Waals surface area contributed by atoms with Gasteiger partial charge < -0.3 is 4.74 Å². The van der Waals surface area contributed by atoms with Crippen LogP contribution in [0.15, 0.2) is 30.9 Å². The van der Waals surface area contributed by atoms with Crippen molar-refractivity contribution in [2.75, 3.05) is 7.11 Å². The Hall–Kier alpha value is -2.06. The number of rotatable bonds is 7. The van der Waals surface area contributed by atoms with Crippen LogP contribution in [0.1, 0.15) is 31.7 Å². The molecule has 1 heterocycles. The Morgan fingerprint density at radius 1 is 1.45 bits per heavy atom. The Morgan fingerprint density at radius 3 is 2.86 bits per heavy atom. The average molecular weight is 319 g/mol. The number of ether oxygens (including phenoxy) is 1. The van der Waals surface area contributed by atoms with Crippen molar-refractivity contribution in [3.05, 3.63) is 41.4 Å². The summed E-state index contributed by atoms with van der Waals surface area (Å²) in [6.45, 7) is 2.52. The molecular weight excluding hydrogens is 300 g/mol. The monoisotopic (exact) mass is 318 g/mol. The van der Waals surface area contributed by atoms with Gasteiger partial charge in [0.05, 0.1) is 19.7 Å². The lowest BCUT2D eigenvalue weighted by Crippen LogP contribution is -2.31. The van der Waals surface area contributed by atoms with Gasteiger partial charge in [0.1, 0.15) is 23.8 Å². The molecular formula is C16H19ClN4O. The third-order valence-corrected chi connectivity index (χ3v) is 3.98. The molecule has 0 fully saturated rings. The number of aromatic nitrogens is 3. The number of hydrogen-bond donors (Lipinski definition) is 0. The highest BCUT2D eigenvalue weighted by Crippen LogP contribution is 2.38. The van der Waals surface area contributed by atoms with Gasteiger partial charge in [-0.05, 0) is 24.6 Å². The van der Waals surface area contributed by atoms with Crippen LogP contribution in [0.5, 0.6) is 5.75 Å². The van der Waals surface area contributed by atoms with E-state index in [0.717, 1.165) is 18.4 Å². The van der Waals surface area contributed by atoms with E-state index in [0.29, 0.717) is 23.7 Å². The van der Waals surface area contributed by atoms with E-state index in [1.54, 1.807) is 30.3 Å². The van der Waals surface area contributed by atoms with E-state index in [1.807, 2.05) is 6.07 Å². The molecule has 5 nitrogen and oxygen atoms in total. The third kappa shape index (κ3) is 3.40. The Morgan fingerprint density at radius 2 is 2.27 bits per heavy atom. The van der Waals surface area contributed by atoms with E-state index in [4.69, 9.17) is 16.3 Å². The Labute approximate surface area is 135 Å². The van der Waals surface area contributed by atoms with Gasteiger partial charge in [-0.2, -0.15) is 10.4 Å². The molecule has 1 unspecified atom stereocenters. The summed E-state index contributed by atoms with van der Waals surface area (Å²) in [6, 6.07) is 7.86. The van der Waals surface area contributed by atoms with Gasteiger partial charge in [-0.3, -0.25) is 4.68 Å². The fourth-order valence-corrected chi connectivity index (χ4v) is 2.75. The van der Waals surface area contributed by atoms with Crippen LogP contribution in [0.2, 0.25) is 5.02 Å². The zero-order valence-electron chi connectivity index (χ0n) is 12.8. The summed E-state index contributed by atoms with van der Waals surface area (Å²) in [5, 5.41) is 14.7. The summed E-state index contributed by atoms with van der Waals surface area (Å²) in [5.41, 5.74) is 0.0499. The normalized spacial score (nSPS) is 13.4. The molecule has 0 amide bonds. The highest BCUT2D eigenvalue weighted by atomic mass is 35.5. The smallest absolute Gasteiger partial charge is 0.137 e. The Balaban J connectivity index is 2.51. The molecule has 1 atom stereocenters. The second-order valence-electron chi connectivity index (χ2n) is 5.24. The minimum absolute atomic E-state index is 0.417. The summed E-state index contributed by atoms with van der Waals surface area (Å²) in [7, 11) is 1.60. The van der Waals surface area contributed by atoms with Crippen LogP contribution in [0.25, 0.3) is 0 Å². The van der Waals surface area contributed by atoms with Crippen LogP contribution in [-0.2, 0) is 12.0 Å². The molecule has 6 heteroatoms. The average Bonchev–Trinajstić information content (AvgIpc) is 3.04. The van der Waals surface area contributed by atoms with Crippen LogP contribution < -0.4 is 4.74 Å². The fourth-order valence-electron chi connectivity index (χ4n) is 2.57. The van der Waals surface area contributed by atoms with Crippen molar-refractivity contribution in [1.82, 2.24) is 14.8 Å². The number of halogens is 1. The fraction of sp³-hybridized carbons (Fsp3) is 0.438. The molecule has 1 aromatic heterocycles. The molecule has 0 saturated carbocycles. The van der Waals surface area contributed by atoms with Crippen LogP contribution in [0.4, 0.5) is 0 Å². The molecule has 0 saturated heterocycles. The number of methoxy groups -OCH3 is 1. The zero-order chi connectivity index (χ0) is 16.0. The predicted molar refractivity (Wildman–Crippen MR) is 84.8 cm³/mol. The molecule has 2 rings (SSSR count). The second-order valence-corrected chi connectivity index (χ2v) is 5.67. The summed E-state index contributed by atoms with van der Waals surface area (Å²) >= 11 is 6.15. The van der Waals surface area contributed by atoms with E-state index < -0.39 is 5.41 Å². The minimum Gasteiger partial charge on any atom is -0.496 e. The standard InChI is InChI=1S/C16H19ClN4O/c1-3-4-7-16(9-18,10-21-12-19-11-20-21)14-8-13(17)5-6-15(14)22-2/h5-6,8,11-12H,3-4,7,10H2,1-2H3. The maximum absolute atomic E-state index is 9.96. The molecule has 116 valence electrons. The Bertz CT molecular complexity index is 651. The van der Waals surface area contributed by atoms with E-state index in [9.17, 15) is 5.26 Å². The number of nitrogens with zero attached hydrogens (tertiary/aromatic N) is 4. The summed E-state index contributed by atoms with van der Waals surface area (Å²) < 4.78 is 7.13. The number of benzene rings is 1. The first-order valence-corrected chi connectivity index (χ1v) is 7.60. The van der Waals surface area contributed by atoms with E-state index in [1.165, 1.54) is 6.33 Å². The predicted octanol–water partition coefficient (Wildman–Crippen LogP) is 3.59. The summed E-state index contributed by atoms with van der Waals surface area (Å²) in [5.74, 6) is 0.669. The van der Waals surface area contributed by atoms with Crippen molar-refractivity contribution in [3.63, 3.8) is 0 Å². The minimum atomic E-state index is -0.750. The van der Waals surface area contributed by atoms with Crippen LogP contribution in [-0.4, -0.2) is 21.9 Å². The van der Waals surface area contributed by atoms with Gasteiger partial charge in [-0.15, -0.1) is 0 Å². The first-order chi connectivity index (χ1) is 10.6. The molecule has 0 aliphatic carbocycles. The molecule has 0 spiro atoms. The van der Waals surface area contributed by atoms with Gasteiger partial charge in [0.15, 0.2) is 0 Å². The van der Waals surface area contributed by atoms with Gasteiger partial charge in [-0.25, -0.2) is 4.98 Å². The molecule has 0 aliphatic heterocycles. The van der Waals surface area contributed by atoms with Gasteiger partial charge >= 0.3 is 0 Å². The number of unbranched alkanes of at least 4 members (excludes halogenated alkanes) is 1. The lowest BCUT2D eigenvalue weighted by Gasteiger charge is -2.28. The van der Waals surface area contributed by atoms with Gasteiger partial charge in [0.2, 0.25) is 0 Å². The van der Waals surface area contributed by atoms with Crippen molar-refractivity contribution < 1.29 is 4.74 Å². The first-order valence-electron chi connectivity index (χ1n) is 7.23. The van der Waals surface area contributed by atoms with Crippen molar-refractivity contribution in [3.8, 4) is 11.8 Å². The molecule has 22 heavy (non-hydrogen) atoms. The van der Waals surface area contributed by atoms with E-state index in [-0.39, 0.29) is 0 Å². The third-order valence-electron chi connectivity index (χ3n) is 3.75. The lowest BCUT2D eigenvalue weighted by molar-refractivity contribution is 0.357. The summed E-state index contributed by atoms with van der Waals surface area (Å²) in [6.07, 6.45) is 5.73.